The minimum atomic E-state index is -0.290. The number of piperidine rings is 1. The number of hydrogen-bond donors (Lipinski definition) is 1. The molecule has 2 unspecified atom stereocenters. The van der Waals surface area contributed by atoms with Crippen LogP contribution in [0.3, 0.4) is 0 Å². The van der Waals surface area contributed by atoms with Crippen molar-refractivity contribution in [2.45, 2.75) is 38.3 Å². The zero-order valence-electron chi connectivity index (χ0n) is 8.63. The van der Waals surface area contributed by atoms with Crippen LogP contribution in [-0.4, -0.2) is 41.8 Å². The molecule has 0 aliphatic carbocycles. The molecule has 0 aromatic heterocycles. The second-order valence-corrected chi connectivity index (χ2v) is 3.79. The van der Waals surface area contributed by atoms with E-state index >= 15 is 0 Å². The van der Waals surface area contributed by atoms with Crippen molar-refractivity contribution < 1.29 is 5.11 Å². The molecule has 2 atom stereocenters. The van der Waals surface area contributed by atoms with E-state index in [-0.39, 0.29) is 12.1 Å². The summed E-state index contributed by atoms with van der Waals surface area (Å²) in [7, 11) is 0. The second kappa shape index (κ2) is 5.86. The molecule has 0 spiro atoms. The highest BCUT2D eigenvalue weighted by molar-refractivity contribution is 4.81. The topological polar surface area (TPSA) is 72.2 Å². The number of rotatable bonds is 4. The van der Waals surface area contributed by atoms with E-state index in [0.29, 0.717) is 6.54 Å². The molecule has 80 valence electrons. The van der Waals surface area contributed by atoms with Crippen LogP contribution in [0.2, 0.25) is 0 Å². The summed E-state index contributed by atoms with van der Waals surface area (Å²) >= 11 is 0. The monoisotopic (exact) mass is 198 g/mol. The van der Waals surface area contributed by atoms with Crippen LogP contribution in [0.15, 0.2) is 5.11 Å². The summed E-state index contributed by atoms with van der Waals surface area (Å²) in [6.45, 7) is 4.10. The lowest BCUT2D eigenvalue weighted by Crippen LogP contribution is -2.46. The largest absolute Gasteiger partial charge is 0.392 e. The highest BCUT2D eigenvalue weighted by atomic mass is 16.3. The molecule has 1 saturated heterocycles. The lowest BCUT2D eigenvalue weighted by molar-refractivity contribution is 0.0385. The SMILES string of the molecule is CC(O)C1CCCCN1CCN=[N+]=[N-]. The summed E-state index contributed by atoms with van der Waals surface area (Å²) in [5.74, 6) is 0. The minimum absolute atomic E-state index is 0.248. The Hall–Kier alpha value is -0.770. The second-order valence-electron chi connectivity index (χ2n) is 3.79. The Bertz CT molecular complexity index is 213. The smallest absolute Gasteiger partial charge is 0.0667 e. The molecular weight excluding hydrogens is 180 g/mol. The van der Waals surface area contributed by atoms with Gasteiger partial charge >= 0.3 is 0 Å². The van der Waals surface area contributed by atoms with Crippen molar-refractivity contribution in [3.05, 3.63) is 10.4 Å². The predicted molar refractivity (Wildman–Crippen MR) is 54.9 cm³/mol. The standard InChI is InChI=1S/C9H18N4O/c1-8(14)9-4-2-3-6-13(9)7-5-11-12-10/h8-9,14H,2-7H2,1H3. The zero-order chi connectivity index (χ0) is 10.4. The molecule has 1 rings (SSSR count). The average Bonchev–Trinajstić information content (AvgIpc) is 2.19. The molecule has 14 heavy (non-hydrogen) atoms. The van der Waals surface area contributed by atoms with Crippen LogP contribution < -0.4 is 0 Å². The Balaban J connectivity index is 2.41. The van der Waals surface area contributed by atoms with Gasteiger partial charge in [0.15, 0.2) is 0 Å². The van der Waals surface area contributed by atoms with Gasteiger partial charge in [0.1, 0.15) is 0 Å². The summed E-state index contributed by atoms with van der Waals surface area (Å²) in [6.07, 6.45) is 3.13. The fourth-order valence-corrected chi connectivity index (χ4v) is 2.06. The van der Waals surface area contributed by atoms with E-state index < -0.39 is 0 Å². The number of likely N-dealkylation sites (tertiary alicyclic amines) is 1. The molecule has 0 radical (unpaired) electrons. The molecule has 0 aromatic rings. The quantitative estimate of drug-likeness (QED) is 0.422. The normalized spacial score (nSPS) is 25.4. The van der Waals surface area contributed by atoms with Gasteiger partial charge in [-0.05, 0) is 31.8 Å². The maximum Gasteiger partial charge on any atom is 0.0667 e. The van der Waals surface area contributed by atoms with E-state index in [1.54, 1.807) is 0 Å². The zero-order valence-corrected chi connectivity index (χ0v) is 8.63. The van der Waals surface area contributed by atoms with Crippen molar-refractivity contribution in [3.63, 3.8) is 0 Å². The molecule has 5 heteroatoms. The van der Waals surface area contributed by atoms with Crippen molar-refractivity contribution in [2.24, 2.45) is 5.11 Å². The van der Waals surface area contributed by atoms with E-state index in [2.05, 4.69) is 14.9 Å². The summed E-state index contributed by atoms with van der Waals surface area (Å²) in [5.41, 5.74) is 8.16. The van der Waals surface area contributed by atoms with E-state index in [9.17, 15) is 5.11 Å². The summed E-state index contributed by atoms with van der Waals surface area (Å²) < 4.78 is 0. The summed E-state index contributed by atoms with van der Waals surface area (Å²) in [6, 6.07) is 0.248. The van der Waals surface area contributed by atoms with E-state index in [0.717, 1.165) is 19.5 Å². The van der Waals surface area contributed by atoms with Gasteiger partial charge < -0.3 is 5.11 Å². The number of aliphatic hydroxyl groups is 1. The van der Waals surface area contributed by atoms with Crippen molar-refractivity contribution in [2.75, 3.05) is 19.6 Å². The molecule has 0 aromatic carbocycles. The van der Waals surface area contributed by atoms with Crippen LogP contribution in [-0.2, 0) is 0 Å². The van der Waals surface area contributed by atoms with E-state index in [1.165, 1.54) is 12.8 Å². The fraction of sp³-hybridized carbons (Fsp3) is 1.00. The number of hydrogen-bond acceptors (Lipinski definition) is 3. The highest BCUT2D eigenvalue weighted by Gasteiger charge is 2.25. The third-order valence-corrected chi connectivity index (χ3v) is 2.77. The van der Waals surface area contributed by atoms with Gasteiger partial charge in [-0.2, -0.15) is 0 Å². The third-order valence-electron chi connectivity index (χ3n) is 2.77. The Morgan fingerprint density at radius 2 is 2.43 bits per heavy atom. The van der Waals surface area contributed by atoms with E-state index in [1.807, 2.05) is 6.92 Å². The van der Waals surface area contributed by atoms with Gasteiger partial charge in [-0.25, -0.2) is 0 Å². The Kier molecular flexibility index (Phi) is 4.73. The lowest BCUT2D eigenvalue weighted by atomic mass is 9.98. The molecule has 0 saturated carbocycles. The van der Waals surface area contributed by atoms with Gasteiger partial charge in [-0.3, -0.25) is 4.90 Å². The summed E-state index contributed by atoms with van der Waals surface area (Å²) in [5, 5.41) is 13.1. The summed E-state index contributed by atoms with van der Waals surface area (Å²) in [4.78, 5) is 4.95. The Morgan fingerprint density at radius 1 is 1.64 bits per heavy atom. The van der Waals surface area contributed by atoms with Crippen LogP contribution >= 0.6 is 0 Å². The Labute approximate surface area is 84.3 Å². The van der Waals surface area contributed by atoms with Crippen LogP contribution in [0.1, 0.15) is 26.2 Å². The molecule has 1 N–H and O–H groups in total. The molecule has 1 aliphatic heterocycles. The fourth-order valence-electron chi connectivity index (χ4n) is 2.06. The van der Waals surface area contributed by atoms with Gasteiger partial charge in [0.25, 0.3) is 0 Å². The van der Waals surface area contributed by atoms with Gasteiger partial charge in [0.2, 0.25) is 0 Å². The van der Waals surface area contributed by atoms with Gasteiger partial charge in [0.05, 0.1) is 6.10 Å². The number of aliphatic hydroxyl groups excluding tert-OH is 1. The van der Waals surface area contributed by atoms with Crippen molar-refractivity contribution in [3.8, 4) is 0 Å². The third kappa shape index (κ3) is 3.18. The number of azide groups is 1. The maximum absolute atomic E-state index is 9.56. The molecular formula is C9H18N4O. The van der Waals surface area contributed by atoms with E-state index in [4.69, 9.17) is 5.53 Å². The highest BCUT2D eigenvalue weighted by Crippen LogP contribution is 2.19. The average molecular weight is 198 g/mol. The van der Waals surface area contributed by atoms with Crippen molar-refractivity contribution >= 4 is 0 Å². The molecule has 0 bridgehead atoms. The molecule has 0 amide bonds. The molecule has 1 heterocycles. The van der Waals surface area contributed by atoms with Crippen LogP contribution in [0, 0.1) is 0 Å². The molecule has 1 fully saturated rings. The van der Waals surface area contributed by atoms with Crippen LogP contribution in [0.5, 0.6) is 0 Å². The first-order chi connectivity index (χ1) is 6.75. The van der Waals surface area contributed by atoms with Crippen molar-refractivity contribution in [1.82, 2.24) is 4.90 Å². The first-order valence-electron chi connectivity index (χ1n) is 5.18. The van der Waals surface area contributed by atoms with Gasteiger partial charge in [0, 0.05) is 24.0 Å². The first kappa shape index (κ1) is 11.3. The lowest BCUT2D eigenvalue weighted by Gasteiger charge is -2.37. The van der Waals surface area contributed by atoms with Crippen molar-refractivity contribution in [1.29, 1.82) is 0 Å². The van der Waals surface area contributed by atoms with Crippen LogP contribution in [0.25, 0.3) is 10.4 Å². The van der Waals surface area contributed by atoms with Gasteiger partial charge in [-0.15, -0.1) is 0 Å². The Morgan fingerprint density at radius 3 is 3.07 bits per heavy atom. The maximum atomic E-state index is 9.56. The number of nitrogens with zero attached hydrogens (tertiary/aromatic N) is 4. The van der Waals surface area contributed by atoms with Crippen LogP contribution in [0.4, 0.5) is 0 Å². The van der Waals surface area contributed by atoms with Gasteiger partial charge in [-0.1, -0.05) is 11.5 Å². The molecule has 5 nitrogen and oxygen atoms in total. The predicted octanol–water partition coefficient (Wildman–Crippen LogP) is 1.53. The molecule has 1 aliphatic rings. The first-order valence-corrected chi connectivity index (χ1v) is 5.18. The minimum Gasteiger partial charge on any atom is -0.392 e.